The van der Waals surface area contributed by atoms with Crippen molar-refractivity contribution in [2.75, 3.05) is 13.2 Å². The largest absolute Gasteiger partial charge is 0.481 e. The molecule has 0 aromatic carbocycles. The third-order valence-corrected chi connectivity index (χ3v) is 3.14. The van der Waals surface area contributed by atoms with Gasteiger partial charge in [-0.25, -0.2) is 4.79 Å². The number of aliphatic carboxylic acids is 1. The van der Waals surface area contributed by atoms with E-state index in [1.807, 2.05) is 13.8 Å². The van der Waals surface area contributed by atoms with Gasteiger partial charge >= 0.3 is 12.0 Å². The van der Waals surface area contributed by atoms with Crippen LogP contribution in [0.15, 0.2) is 0 Å². The molecule has 0 saturated carbocycles. The van der Waals surface area contributed by atoms with Crippen LogP contribution in [0.5, 0.6) is 0 Å². The molecule has 19 heavy (non-hydrogen) atoms. The molecule has 0 aromatic heterocycles. The lowest BCUT2D eigenvalue weighted by atomic mass is 9.94. The molecule has 6 nitrogen and oxygen atoms in total. The Morgan fingerprint density at radius 2 is 2.11 bits per heavy atom. The van der Waals surface area contributed by atoms with Crippen molar-refractivity contribution in [3.63, 3.8) is 0 Å². The number of rotatable bonds is 6. The van der Waals surface area contributed by atoms with E-state index in [1.54, 1.807) is 0 Å². The molecular weight excluding hydrogens is 248 g/mol. The monoisotopic (exact) mass is 272 g/mol. The van der Waals surface area contributed by atoms with Crippen LogP contribution < -0.4 is 10.6 Å². The molecule has 0 aromatic rings. The van der Waals surface area contributed by atoms with E-state index in [1.165, 1.54) is 0 Å². The molecule has 110 valence electrons. The van der Waals surface area contributed by atoms with E-state index in [2.05, 4.69) is 10.6 Å². The van der Waals surface area contributed by atoms with Gasteiger partial charge in [-0.15, -0.1) is 0 Å². The van der Waals surface area contributed by atoms with Gasteiger partial charge in [0.05, 0.1) is 5.60 Å². The Morgan fingerprint density at radius 3 is 2.74 bits per heavy atom. The maximum absolute atomic E-state index is 11.6. The summed E-state index contributed by atoms with van der Waals surface area (Å²) in [5.74, 6) is -0.797. The lowest BCUT2D eigenvalue weighted by Crippen LogP contribution is -2.49. The number of carbonyl (C=O) groups is 2. The first-order valence-corrected chi connectivity index (χ1v) is 6.79. The molecule has 1 heterocycles. The van der Waals surface area contributed by atoms with E-state index in [9.17, 15) is 9.59 Å². The molecule has 0 bridgehead atoms. The van der Waals surface area contributed by atoms with E-state index < -0.39 is 5.97 Å². The highest BCUT2D eigenvalue weighted by atomic mass is 16.5. The van der Waals surface area contributed by atoms with Crippen LogP contribution in [0.4, 0.5) is 4.79 Å². The van der Waals surface area contributed by atoms with E-state index in [-0.39, 0.29) is 24.1 Å². The van der Waals surface area contributed by atoms with Gasteiger partial charge in [0.25, 0.3) is 0 Å². The topological polar surface area (TPSA) is 87.7 Å². The Morgan fingerprint density at radius 1 is 1.37 bits per heavy atom. The number of carboxylic acids is 1. The normalized spacial score (nSPS) is 21.7. The quantitative estimate of drug-likeness (QED) is 0.639. The lowest BCUT2D eigenvalue weighted by molar-refractivity contribution is -0.137. The Labute approximate surface area is 113 Å². The minimum absolute atomic E-state index is 0.141. The summed E-state index contributed by atoms with van der Waals surface area (Å²) in [6, 6.07) is -0.0409. The summed E-state index contributed by atoms with van der Waals surface area (Å²) in [4.78, 5) is 21.9. The Kier molecular flexibility index (Phi) is 6.08. The van der Waals surface area contributed by atoms with Crippen molar-refractivity contribution in [1.82, 2.24) is 10.6 Å². The molecule has 1 saturated heterocycles. The van der Waals surface area contributed by atoms with Crippen molar-refractivity contribution in [3.05, 3.63) is 0 Å². The zero-order valence-electron chi connectivity index (χ0n) is 11.7. The van der Waals surface area contributed by atoms with Gasteiger partial charge in [0.15, 0.2) is 0 Å². The first-order chi connectivity index (χ1) is 8.89. The maximum atomic E-state index is 11.6. The number of carboxylic acid groups (broad SMARTS) is 1. The van der Waals surface area contributed by atoms with E-state index >= 15 is 0 Å². The summed E-state index contributed by atoms with van der Waals surface area (Å²) in [6.45, 7) is 5.21. The van der Waals surface area contributed by atoms with E-state index in [4.69, 9.17) is 9.84 Å². The first kappa shape index (κ1) is 15.8. The molecule has 1 rings (SSSR count). The maximum Gasteiger partial charge on any atom is 0.315 e. The van der Waals surface area contributed by atoms with Gasteiger partial charge in [0, 0.05) is 25.6 Å². The van der Waals surface area contributed by atoms with Crippen molar-refractivity contribution in [1.29, 1.82) is 0 Å². The second kappa shape index (κ2) is 7.33. The van der Waals surface area contributed by atoms with Gasteiger partial charge < -0.3 is 20.5 Å². The second-order valence-corrected chi connectivity index (χ2v) is 5.55. The SMILES string of the molecule is CC1(C)CC(NC(=O)NCCCCC(=O)O)CCO1. The van der Waals surface area contributed by atoms with Gasteiger partial charge in [0.2, 0.25) is 0 Å². The fourth-order valence-corrected chi connectivity index (χ4v) is 2.19. The molecule has 1 aliphatic rings. The number of nitrogens with one attached hydrogen (secondary N) is 2. The highest BCUT2D eigenvalue weighted by Gasteiger charge is 2.29. The van der Waals surface area contributed by atoms with Gasteiger partial charge in [-0.2, -0.15) is 0 Å². The van der Waals surface area contributed by atoms with Gasteiger partial charge in [-0.3, -0.25) is 4.79 Å². The average Bonchev–Trinajstić information content (AvgIpc) is 2.26. The van der Waals surface area contributed by atoms with Crippen LogP contribution in [-0.2, 0) is 9.53 Å². The van der Waals surface area contributed by atoms with Crippen molar-refractivity contribution in [2.24, 2.45) is 0 Å². The molecule has 1 aliphatic heterocycles. The van der Waals surface area contributed by atoms with E-state index in [0.29, 0.717) is 26.0 Å². The van der Waals surface area contributed by atoms with Crippen LogP contribution in [-0.4, -0.2) is 41.9 Å². The van der Waals surface area contributed by atoms with Crippen LogP contribution in [0, 0.1) is 0 Å². The van der Waals surface area contributed by atoms with Crippen LogP contribution in [0.25, 0.3) is 0 Å². The minimum Gasteiger partial charge on any atom is -0.481 e. The summed E-state index contributed by atoms with van der Waals surface area (Å²) in [5.41, 5.74) is -0.183. The predicted octanol–water partition coefficient (Wildman–Crippen LogP) is 1.50. The van der Waals surface area contributed by atoms with Crippen molar-refractivity contribution >= 4 is 12.0 Å². The van der Waals surface area contributed by atoms with Crippen LogP contribution in [0.1, 0.15) is 46.0 Å². The minimum atomic E-state index is -0.797. The van der Waals surface area contributed by atoms with Crippen molar-refractivity contribution in [3.8, 4) is 0 Å². The van der Waals surface area contributed by atoms with Crippen LogP contribution in [0.3, 0.4) is 0 Å². The number of hydrogen-bond donors (Lipinski definition) is 3. The lowest BCUT2D eigenvalue weighted by Gasteiger charge is -2.35. The van der Waals surface area contributed by atoms with Gasteiger partial charge in [-0.05, 0) is 39.5 Å². The Balaban J connectivity index is 2.12. The predicted molar refractivity (Wildman–Crippen MR) is 71.1 cm³/mol. The first-order valence-electron chi connectivity index (χ1n) is 6.79. The fraction of sp³-hybridized carbons (Fsp3) is 0.846. The smallest absolute Gasteiger partial charge is 0.315 e. The standard InChI is InChI=1S/C13H24N2O4/c1-13(2)9-10(6-8-19-13)15-12(18)14-7-4-3-5-11(16)17/h10H,3-9H2,1-2H3,(H,16,17)(H2,14,15,18). The average molecular weight is 272 g/mol. The van der Waals surface area contributed by atoms with Gasteiger partial charge in [-0.1, -0.05) is 0 Å². The third kappa shape index (κ3) is 7.00. The van der Waals surface area contributed by atoms with Gasteiger partial charge in [0.1, 0.15) is 0 Å². The number of hydrogen-bond acceptors (Lipinski definition) is 3. The Bertz CT molecular complexity index is 318. The molecule has 0 aliphatic carbocycles. The molecule has 0 spiro atoms. The molecule has 1 unspecified atom stereocenters. The summed E-state index contributed by atoms with van der Waals surface area (Å²) in [5, 5.41) is 14.2. The highest BCUT2D eigenvalue weighted by Crippen LogP contribution is 2.23. The molecular formula is C13H24N2O4. The number of urea groups is 1. The summed E-state index contributed by atoms with van der Waals surface area (Å²) >= 11 is 0. The van der Waals surface area contributed by atoms with Crippen LogP contribution >= 0.6 is 0 Å². The molecule has 2 amide bonds. The molecule has 0 radical (unpaired) electrons. The zero-order valence-corrected chi connectivity index (χ0v) is 11.7. The molecule has 1 fully saturated rings. The number of amides is 2. The number of unbranched alkanes of at least 4 members (excludes halogenated alkanes) is 1. The number of carbonyl (C=O) groups excluding carboxylic acids is 1. The summed E-state index contributed by atoms with van der Waals surface area (Å²) < 4.78 is 5.59. The van der Waals surface area contributed by atoms with E-state index in [0.717, 1.165) is 12.8 Å². The number of ether oxygens (including phenoxy) is 1. The van der Waals surface area contributed by atoms with Crippen LogP contribution in [0.2, 0.25) is 0 Å². The van der Waals surface area contributed by atoms with Crippen molar-refractivity contribution < 1.29 is 19.4 Å². The second-order valence-electron chi connectivity index (χ2n) is 5.55. The highest BCUT2D eigenvalue weighted by molar-refractivity contribution is 5.74. The fourth-order valence-electron chi connectivity index (χ4n) is 2.19. The molecule has 6 heteroatoms. The van der Waals surface area contributed by atoms with Crippen molar-refractivity contribution in [2.45, 2.75) is 57.6 Å². The zero-order chi connectivity index (χ0) is 14.3. The summed E-state index contributed by atoms with van der Waals surface area (Å²) in [7, 11) is 0. The Hall–Kier alpha value is -1.30. The molecule has 3 N–H and O–H groups in total. The third-order valence-electron chi connectivity index (χ3n) is 3.14. The molecule has 1 atom stereocenters. The summed E-state index contributed by atoms with van der Waals surface area (Å²) in [6.07, 6.45) is 3.05.